The first-order valence-electron chi connectivity index (χ1n) is 6.01. The molecule has 1 fully saturated rings. The normalized spacial score (nSPS) is 19.9. The number of rotatable bonds is 2. The van der Waals surface area contributed by atoms with E-state index in [1.807, 2.05) is 4.90 Å². The van der Waals surface area contributed by atoms with Gasteiger partial charge in [-0.05, 0) is 19.8 Å². The highest BCUT2D eigenvalue weighted by Crippen LogP contribution is 2.20. The van der Waals surface area contributed by atoms with Gasteiger partial charge in [0.15, 0.2) is 0 Å². The van der Waals surface area contributed by atoms with E-state index < -0.39 is 5.97 Å². The number of aromatic nitrogens is 2. The minimum atomic E-state index is -0.780. The van der Waals surface area contributed by atoms with Crippen molar-refractivity contribution < 1.29 is 9.90 Å². The summed E-state index contributed by atoms with van der Waals surface area (Å²) in [6.45, 7) is 2.93. The van der Waals surface area contributed by atoms with Crippen molar-refractivity contribution in [3.8, 4) is 0 Å². The largest absolute Gasteiger partial charge is 0.481 e. The first-order chi connectivity index (χ1) is 8.49. The van der Waals surface area contributed by atoms with Gasteiger partial charge in [-0.3, -0.25) is 14.2 Å². The van der Waals surface area contributed by atoms with Gasteiger partial charge >= 0.3 is 5.97 Å². The Morgan fingerprint density at radius 1 is 1.56 bits per heavy atom. The van der Waals surface area contributed by atoms with E-state index in [2.05, 4.69) is 4.98 Å². The first-order valence-corrected chi connectivity index (χ1v) is 6.01. The maximum absolute atomic E-state index is 11.7. The Morgan fingerprint density at radius 2 is 2.28 bits per heavy atom. The van der Waals surface area contributed by atoms with E-state index in [9.17, 15) is 9.59 Å². The lowest BCUT2D eigenvalue weighted by Crippen LogP contribution is -2.41. The molecule has 1 saturated heterocycles. The Bertz CT molecular complexity index is 524. The average Bonchev–Trinajstić information content (AvgIpc) is 2.34. The van der Waals surface area contributed by atoms with Gasteiger partial charge in [0.1, 0.15) is 0 Å². The smallest absolute Gasteiger partial charge is 0.308 e. The molecule has 0 saturated carbocycles. The minimum absolute atomic E-state index is 0.116. The molecule has 2 rings (SSSR count). The van der Waals surface area contributed by atoms with Gasteiger partial charge < -0.3 is 10.0 Å². The van der Waals surface area contributed by atoms with Crippen LogP contribution in [0, 0.1) is 12.8 Å². The second-order valence-electron chi connectivity index (χ2n) is 4.72. The molecule has 0 unspecified atom stereocenters. The van der Waals surface area contributed by atoms with E-state index >= 15 is 0 Å². The zero-order valence-corrected chi connectivity index (χ0v) is 10.6. The third-order valence-electron chi connectivity index (χ3n) is 3.29. The number of anilines is 1. The average molecular weight is 251 g/mol. The van der Waals surface area contributed by atoms with Crippen molar-refractivity contribution in [2.45, 2.75) is 19.8 Å². The van der Waals surface area contributed by atoms with E-state index in [0.29, 0.717) is 24.6 Å². The molecule has 1 atom stereocenters. The summed E-state index contributed by atoms with van der Waals surface area (Å²) in [6, 6.07) is 1.47. The predicted octanol–water partition coefficient (Wildman–Crippen LogP) is 0.390. The summed E-state index contributed by atoms with van der Waals surface area (Å²) in [5.74, 6) is -0.598. The summed E-state index contributed by atoms with van der Waals surface area (Å²) in [5, 5.41) is 9.07. The van der Waals surface area contributed by atoms with Crippen molar-refractivity contribution in [1.29, 1.82) is 0 Å². The number of piperidine rings is 1. The molecule has 0 amide bonds. The summed E-state index contributed by atoms with van der Waals surface area (Å²) in [4.78, 5) is 29.0. The van der Waals surface area contributed by atoms with Crippen LogP contribution in [0.25, 0.3) is 0 Å². The van der Waals surface area contributed by atoms with Crippen LogP contribution in [0.5, 0.6) is 0 Å². The Morgan fingerprint density at radius 3 is 2.94 bits per heavy atom. The molecular formula is C12H17N3O3. The molecule has 0 radical (unpaired) electrons. The molecule has 98 valence electrons. The number of aliphatic carboxylic acids is 1. The van der Waals surface area contributed by atoms with Crippen molar-refractivity contribution in [3.63, 3.8) is 0 Å². The fraction of sp³-hybridized carbons (Fsp3) is 0.583. The molecule has 0 spiro atoms. The van der Waals surface area contributed by atoms with Crippen molar-refractivity contribution in [2.75, 3.05) is 18.0 Å². The van der Waals surface area contributed by atoms with Gasteiger partial charge in [-0.15, -0.1) is 0 Å². The van der Waals surface area contributed by atoms with Crippen LogP contribution in [0.1, 0.15) is 18.5 Å². The third-order valence-corrected chi connectivity index (χ3v) is 3.29. The molecule has 6 nitrogen and oxygen atoms in total. The number of carbonyl (C=O) groups is 1. The van der Waals surface area contributed by atoms with E-state index in [4.69, 9.17) is 5.11 Å². The number of hydrogen-bond acceptors (Lipinski definition) is 4. The highest BCUT2D eigenvalue weighted by Gasteiger charge is 2.27. The fourth-order valence-corrected chi connectivity index (χ4v) is 2.28. The summed E-state index contributed by atoms with van der Waals surface area (Å²) in [5.41, 5.74) is 0.542. The van der Waals surface area contributed by atoms with E-state index in [1.165, 1.54) is 10.6 Å². The van der Waals surface area contributed by atoms with Crippen LogP contribution in [0.2, 0.25) is 0 Å². The number of hydrogen-bond donors (Lipinski definition) is 1. The van der Waals surface area contributed by atoms with Gasteiger partial charge in [-0.1, -0.05) is 0 Å². The maximum Gasteiger partial charge on any atom is 0.308 e. The highest BCUT2D eigenvalue weighted by atomic mass is 16.4. The van der Waals surface area contributed by atoms with Crippen LogP contribution < -0.4 is 10.5 Å². The molecule has 2 heterocycles. The van der Waals surface area contributed by atoms with Crippen LogP contribution in [-0.4, -0.2) is 33.7 Å². The molecule has 1 aromatic heterocycles. The van der Waals surface area contributed by atoms with Gasteiger partial charge in [-0.25, -0.2) is 4.98 Å². The Labute approximate surface area is 105 Å². The maximum atomic E-state index is 11.7. The fourth-order valence-electron chi connectivity index (χ4n) is 2.28. The first kappa shape index (κ1) is 12.6. The number of aryl methyl sites for hydroxylation is 1. The summed E-state index contributed by atoms with van der Waals surface area (Å²) >= 11 is 0. The van der Waals surface area contributed by atoms with E-state index in [-0.39, 0.29) is 11.5 Å². The molecule has 1 N–H and O–H groups in total. The van der Waals surface area contributed by atoms with Crippen molar-refractivity contribution in [1.82, 2.24) is 9.55 Å². The number of nitrogens with zero attached hydrogens (tertiary/aromatic N) is 3. The van der Waals surface area contributed by atoms with Gasteiger partial charge in [0, 0.05) is 31.9 Å². The van der Waals surface area contributed by atoms with Crippen LogP contribution in [-0.2, 0) is 11.8 Å². The van der Waals surface area contributed by atoms with Crippen LogP contribution in [0.3, 0.4) is 0 Å². The van der Waals surface area contributed by atoms with E-state index in [1.54, 1.807) is 14.0 Å². The number of carboxylic acid groups (broad SMARTS) is 1. The molecule has 1 aliphatic heterocycles. The van der Waals surface area contributed by atoms with Crippen molar-refractivity contribution >= 4 is 11.9 Å². The molecule has 0 bridgehead atoms. The Hall–Kier alpha value is -1.85. The summed E-state index contributed by atoms with van der Waals surface area (Å²) in [7, 11) is 1.66. The minimum Gasteiger partial charge on any atom is -0.481 e. The zero-order valence-electron chi connectivity index (χ0n) is 10.6. The monoisotopic (exact) mass is 251 g/mol. The predicted molar refractivity (Wildman–Crippen MR) is 66.8 cm³/mol. The lowest BCUT2D eigenvalue weighted by Gasteiger charge is -2.32. The second-order valence-corrected chi connectivity index (χ2v) is 4.72. The van der Waals surface area contributed by atoms with Crippen molar-refractivity contribution in [3.05, 3.63) is 22.1 Å². The zero-order chi connectivity index (χ0) is 13.3. The summed E-state index contributed by atoms with van der Waals surface area (Å²) < 4.78 is 1.47. The van der Waals surface area contributed by atoms with E-state index in [0.717, 1.165) is 13.0 Å². The summed E-state index contributed by atoms with van der Waals surface area (Å²) in [6.07, 6.45) is 1.49. The SMILES string of the molecule is Cc1cc(=O)n(C)c(N2CCC[C@H](C(=O)O)C2)n1. The molecule has 18 heavy (non-hydrogen) atoms. The quantitative estimate of drug-likeness (QED) is 0.823. The number of carboxylic acids is 1. The Kier molecular flexibility index (Phi) is 3.36. The molecule has 0 aliphatic carbocycles. The molecule has 0 aromatic carbocycles. The molecule has 6 heteroatoms. The molecule has 1 aromatic rings. The van der Waals surface area contributed by atoms with Crippen molar-refractivity contribution in [2.24, 2.45) is 13.0 Å². The van der Waals surface area contributed by atoms with Gasteiger partial charge in [0.25, 0.3) is 5.56 Å². The third kappa shape index (κ3) is 2.37. The Balaban J connectivity index is 2.31. The standard InChI is InChI=1S/C12H17N3O3/c1-8-6-10(16)14(2)12(13-8)15-5-3-4-9(7-15)11(17)18/h6,9H,3-5,7H2,1-2H3,(H,17,18)/t9-/m0/s1. The van der Waals surface area contributed by atoms with Crippen LogP contribution in [0.4, 0.5) is 5.95 Å². The van der Waals surface area contributed by atoms with Gasteiger partial charge in [0.2, 0.25) is 5.95 Å². The topological polar surface area (TPSA) is 75.4 Å². The molecule has 1 aliphatic rings. The van der Waals surface area contributed by atoms with Crippen LogP contribution in [0.15, 0.2) is 10.9 Å². The molecular weight excluding hydrogens is 234 g/mol. The van der Waals surface area contributed by atoms with Gasteiger partial charge in [-0.2, -0.15) is 0 Å². The highest BCUT2D eigenvalue weighted by molar-refractivity contribution is 5.71. The lowest BCUT2D eigenvalue weighted by molar-refractivity contribution is -0.141. The van der Waals surface area contributed by atoms with Crippen LogP contribution >= 0.6 is 0 Å². The lowest BCUT2D eigenvalue weighted by atomic mass is 9.99. The van der Waals surface area contributed by atoms with Gasteiger partial charge in [0.05, 0.1) is 5.92 Å². The second kappa shape index (κ2) is 4.80.